The molecule has 1 aromatic carbocycles. The van der Waals surface area contributed by atoms with Crippen LogP contribution in [0.15, 0.2) is 23.1 Å². The average molecular weight is 289 g/mol. The number of methoxy groups -OCH3 is 1. The highest BCUT2D eigenvalue weighted by Crippen LogP contribution is 2.33. The van der Waals surface area contributed by atoms with Gasteiger partial charge >= 0.3 is 0 Å². The number of benzene rings is 1. The third kappa shape index (κ3) is 2.63. The number of thioether (sulfide) groups is 1. The van der Waals surface area contributed by atoms with E-state index >= 15 is 0 Å². The fraction of sp³-hybridized carbons (Fsp3) is 0.143. The molecule has 0 atom stereocenters. The fourth-order valence-corrected chi connectivity index (χ4v) is 2.50. The Morgan fingerprint density at radius 3 is 2.90 bits per heavy atom. The first-order valence-corrected chi connectivity index (χ1v) is 6.44. The molecule has 2 rings (SSSR count). The van der Waals surface area contributed by atoms with Gasteiger partial charge in [-0.1, -0.05) is 12.0 Å². The summed E-state index contributed by atoms with van der Waals surface area (Å²) in [6.45, 7) is -0.0408. The summed E-state index contributed by atoms with van der Waals surface area (Å²) in [5.41, 5.74) is 0.644. The van der Waals surface area contributed by atoms with E-state index in [1.807, 2.05) is 0 Å². The standard InChI is InChI=1S/C14H11NO4S/c1-3-6-15-13(17)12(20-14(15)18)8-9-4-5-10(16)11(7-9)19-2/h1,4-5,7-8,16H,6H2,2H3/b12-8-. The van der Waals surface area contributed by atoms with Crippen molar-refractivity contribution in [1.82, 2.24) is 4.90 Å². The molecule has 1 saturated heterocycles. The lowest BCUT2D eigenvalue weighted by molar-refractivity contribution is -0.122. The van der Waals surface area contributed by atoms with Crippen LogP contribution in [0.2, 0.25) is 0 Å². The van der Waals surface area contributed by atoms with Crippen molar-refractivity contribution in [2.24, 2.45) is 0 Å². The first-order chi connectivity index (χ1) is 9.56. The van der Waals surface area contributed by atoms with E-state index in [4.69, 9.17) is 11.2 Å². The van der Waals surface area contributed by atoms with E-state index in [0.29, 0.717) is 11.3 Å². The molecule has 0 spiro atoms. The topological polar surface area (TPSA) is 66.8 Å². The molecule has 2 amide bonds. The van der Waals surface area contributed by atoms with Gasteiger partial charge in [-0.15, -0.1) is 6.42 Å². The zero-order valence-corrected chi connectivity index (χ0v) is 11.4. The number of amides is 2. The fourth-order valence-electron chi connectivity index (χ4n) is 1.66. The molecule has 6 heteroatoms. The van der Waals surface area contributed by atoms with E-state index in [1.165, 1.54) is 13.2 Å². The van der Waals surface area contributed by atoms with Gasteiger partial charge in [0.15, 0.2) is 11.5 Å². The van der Waals surface area contributed by atoms with Crippen LogP contribution in [0.3, 0.4) is 0 Å². The highest BCUT2D eigenvalue weighted by molar-refractivity contribution is 8.18. The summed E-state index contributed by atoms with van der Waals surface area (Å²) in [5, 5.41) is 9.12. The van der Waals surface area contributed by atoms with Gasteiger partial charge in [0.2, 0.25) is 0 Å². The Morgan fingerprint density at radius 1 is 1.50 bits per heavy atom. The van der Waals surface area contributed by atoms with E-state index in [-0.39, 0.29) is 22.4 Å². The minimum Gasteiger partial charge on any atom is -0.504 e. The predicted molar refractivity (Wildman–Crippen MR) is 76.2 cm³/mol. The summed E-state index contributed by atoms with van der Waals surface area (Å²) in [6, 6.07) is 4.65. The molecule has 1 fully saturated rings. The van der Waals surface area contributed by atoms with Gasteiger partial charge in [0.1, 0.15) is 0 Å². The maximum Gasteiger partial charge on any atom is 0.294 e. The SMILES string of the molecule is C#CCN1C(=O)S/C(=C\c2ccc(O)c(OC)c2)C1=O. The molecule has 20 heavy (non-hydrogen) atoms. The van der Waals surface area contributed by atoms with Crippen LogP contribution >= 0.6 is 11.8 Å². The van der Waals surface area contributed by atoms with Crippen LogP contribution in [0.4, 0.5) is 4.79 Å². The van der Waals surface area contributed by atoms with Gasteiger partial charge in [-0.3, -0.25) is 14.5 Å². The summed E-state index contributed by atoms with van der Waals surface area (Å²) in [7, 11) is 1.43. The summed E-state index contributed by atoms with van der Waals surface area (Å²) in [5.74, 6) is 2.16. The van der Waals surface area contributed by atoms with E-state index < -0.39 is 5.91 Å². The molecule has 0 bridgehead atoms. The van der Waals surface area contributed by atoms with Crippen molar-refractivity contribution in [2.75, 3.05) is 13.7 Å². The Morgan fingerprint density at radius 2 is 2.25 bits per heavy atom. The van der Waals surface area contributed by atoms with Crippen molar-refractivity contribution in [3.63, 3.8) is 0 Å². The van der Waals surface area contributed by atoms with E-state index in [1.54, 1.807) is 18.2 Å². The predicted octanol–water partition coefficient (Wildman–Crippen LogP) is 2.07. The highest BCUT2D eigenvalue weighted by atomic mass is 32.2. The Bertz CT molecular complexity index is 645. The molecule has 1 aliphatic heterocycles. The number of terminal acetylenes is 1. The lowest BCUT2D eigenvalue weighted by atomic mass is 10.2. The molecule has 5 nitrogen and oxygen atoms in total. The molecule has 0 unspecified atom stereocenters. The molecule has 1 heterocycles. The molecule has 0 saturated carbocycles. The second kappa shape index (κ2) is 5.72. The van der Waals surface area contributed by atoms with Crippen LogP contribution in [-0.4, -0.2) is 34.8 Å². The van der Waals surface area contributed by atoms with Crippen molar-refractivity contribution >= 4 is 29.0 Å². The number of aromatic hydroxyl groups is 1. The van der Waals surface area contributed by atoms with Crippen LogP contribution in [0, 0.1) is 12.3 Å². The van der Waals surface area contributed by atoms with Crippen molar-refractivity contribution in [3.8, 4) is 23.8 Å². The normalized spacial score (nSPS) is 16.6. The molecule has 0 aromatic heterocycles. The van der Waals surface area contributed by atoms with Crippen LogP contribution < -0.4 is 4.74 Å². The lowest BCUT2D eigenvalue weighted by Crippen LogP contribution is -2.28. The van der Waals surface area contributed by atoms with E-state index in [0.717, 1.165) is 16.7 Å². The number of ether oxygens (including phenoxy) is 1. The molecular weight excluding hydrogens is 278 g/mol. The van der Waals surface area contributed by atoms with E-state index in [2.05, 4.69) is 5.92 Å². The number of phenols is 1. The number of hydrogen-bond donors (Lipinski definition) is 1. The van der Waals surface area contributed by atoms with Crippen molar-refractivity contribution in [2.45, 2.75) is 0 Å². The van der Waals surface area contributed by atoms with Crippen molar-refractivity contribution in [1.29, 1.82) is 0 Å². The third-order valence-corrected chi connectivity index (χ3v) is 3.53. The Balaban J connectivity index is 2.31. The molecule has 0 radical (unpaired) electrons. The van der Waals surface area contributed by atoms with Gasteiger partial charge in [0.05, 0.1) is 18.6 Å². The van der Waals surface area contributed by atoms with Gasteiger partial charge in [-0.2, -0.15) is 0 Å². The summed E-state index contributed by atoms with van der Waals surface area (Å²) >= 11 is 0.834. The number of carbonyl (C=O) groups is 2. The van der Waals surface area contributed by atoms with Crippen molar-refractivity contribution < 1.29 is 19.4 Å². The minimum absolute atomic E-state index is 0.00471. The Kier molecular flexibility index (Phi) is 4.01. The summed E-state index contributed by atoms with van der Waals surface area (Å²) in [6.07, 6.45) is 6.68. The van der Waals surface area contributed by atoms with Crippen LogP contribution in [0.25, 0.3) is 6.08 Å². The first-order valence-electron chi connectivity index (χ1n) is 5.62. The molecule has 0 aliphatic carbocycles. The van der Waals surface area contributed by atoms with Crippen molar-refractivity contribution in [3.05, 3.63) is 28.7 Å². The summed E-state index contributed by atoms with van der Waals surface area (Å²) < 4.78 is 4.98. The first kappa shape index (κ1) is 14.0. The summed E-state index contributed by atoms with van der Waals surface area (Å²) in [4.78, 5) is 24.9. The van der Waals surface area contributed by atoms with Crippen LogP contribution in [0.5, 0.6) is 11.5 Å². The quantitative estimate of drug-likeness (QED) is 0.681. The van der Waals surface area contributed by atoms with Gasteiger partial charge in [-0.05, 0) is 35.5 Å². The van der Waals surface area contributed by atoms with E-state index in [9.17, 15) is 14.7 Å². The number of carbonyl (C=O) groups excluding carboxylic acids is 2. The molecule has 102 valence electrons. The van der Waals surface area contributed by atoms with Crippen LogP contribution in [0.1, 0.15) is 5.56 Å². The second-order valence-corrected chi connectivity index (χ2v) is 4.90. The van der Waals surface area contributed by atoms with Gasteiger partial charge < -0.3 is 9.84 Å². The Labute approximate surface area is 120 Å². The minimum atomic E-state index is -0.412. The zero-order valence-electron chi connectivity index (χ0n) is 10.6. The maximum absolute atomic E-state index is 12.0. The zero-order chi connectivity index (χ0) is 14.7. The van der Waals surface area contributed by atoms with Crippen LogP contribution in [-0.2, 0) is 4.79 Å². The number of imide groups is 1. The largest absolute Gasteiger partial charge is 0.504 e. The highest BCUT2D eigenvalue weighted by Gasteiger charge is 2.34. The molecule has 1 aromatic rings. The number of hydrogen-bond acceptors (Lipinski definition) is 5. The lowest BCUT2D eigenvalue weighted by Gasteiger charge is -2.06. The number of phenolic OH excluding ortho intramolecular Hbond substituents is 1. The molecular formula is C14H11NO4S. The average Bonchev–Trinajstić information content (AvgIpc) is 2.69. The molecule has 1 N–H and O–H groups in total. The van der Waals surface area contributed by atoms with Gasteiger partial charge in [0.25, 0.3) is 11.1 Å². The number of nitrogens with zero attached hydrogens (tertiary/aromatic N) is 1. The van der Waals surface area contributed by atoms with Gasteiger partial charge in [0, 0.05) is 0 Å². The molecule has 1 aliphatic rings. The second-order valence-electron chi connectivity index (χ2n) is 3.90. The Hall–Kier alpha value is -2.39. The third-order valence-electron chi connectivity index (χ3n) is 2.62. The van der Waals surface area contributed by atoms with Gasteiger partial charge in [-0.25, -0.2) is 0 Å². The number of rotatable bonds is 3. The maximum atomic E-state index is 12.0. The smallest absolute Gasteiger partial charge is 0.294 e. The monoisotopic (exact) mass is 289 g/mol.